The number of hydrogen-bond donors (Lipinski definition) is 1. The van der Waals surface area contributed by atoms with Gasteiger partial charge in [-0.05, 0) is 20.0 Å². The summed E-state index contributed by atoms with van der Waals surface area (Å²) in [6, 6.07) is 0. The summed E-state index contributed by atoms with van der Waals surface area (Å²) in [5, 5.41) is 11.8. The summed E-state index contributed by atoms with van der Waals surface area (Å²) in [6.45, 7) is 7.67. The third kappa shape index (κ3) is 2.59. The second kappa shape index (κ2) is 5.41. The molecule has 1 heterocycles. The molecule has 1 N–H and O–H groups in total. The van der Waals surface area contributed by atoms with Crippen molar-refractivity contribution in [3.05, 3.63) is 16.6 Å². The lowest BCUT2D eigenvalue weighted by molar-refractivity contribution is -0.140. The van der Waals surface area contributed by atoms with E-state index in [2.05, 4.69) is 9.88 Å². The first-order valence-electron chi connectivity index (χ1n) is 5.41. The van der Waals surface area contributed by atoms with E-state index in [0.717, 1.165) is 18.1 Å². The van der Waals surface area contributed by atoms with Crippen molar-refractivity contribution >= 4 is 17.3 Å². The van der Waals surface area contributed by atoms with Gasteiger partial charge >= 0.3 is 5.97 Å². The van der Waals surface area contributed by atoms with Gasteiger partial charge in [0.1, 0.15) is 5.01 Å². The number of carbonyl (C=O) groups is 1. The lowest BCUT2D eigenvalue weighted by Crippen LogP contribution is -2.45. The fourth-order valence-electron chi connectivity index (χ4n) is 2.03. The maximum atomic E-state index is 11.0. The molecule has 1 rings (SSSR count). The van der Waals surface area contributed by atoms with Gasteiger partial charge in [-0.1, -0.05) is 13.8 Å². The first kappa shape index (κ1) is 13.1. The molecule has 16 heavy (non-hydrogen) atoms. The van der Waals surface area contributed by atoms with E-state index < -0.39 is 11.5 Å². The van der Waals surface area contributed by atoms with Crippen LogP contribution in [-0.4, -0.2) is 34.0 Å². The van der Waals surface area contributed by atoms with E-state index in [1.54, 1.807) is 6.20 Å². The normalized spacial score (nSPS) is 15.0. The number of carboxylic acid groups (broad SMARTS) is 1. The summed E-state index contributed by atoms with van der Waals surface area (Å²) >= 11 is 1.51. The number of aliphatic carboxylic acids is 1. The molecule has 4 nitrogen and oxygen atoms in total. The smallest absolute Gasteiger partial charge is 0.305 e. The Morgan fingerprint density at radius 2 is 2.19 bits per heavy atom. The molecule has 0 saturated carbocycles. The number of nitrogens with zero attached hydrogens (tertiary/aromatic N) is 2. The van der Waals surface area contributed by atoms with Crippen molar-refractivity contribution in [2.45, 2.75) is 32.7 Å². The van der Waals surface area contributed by atoms with Crippen molar-refractivity contribution in [3.63, 3.8) is 0 Å². The van der Waals surface area contributed by atoms with Gasteiger partial charge < -0.3 is 5.11 Å². The highest BCUT2D eigenvalue weighted by molar-refractivity contribution is 7.09. The number of aromatic nitrogens is 1. The van der Waals surface area contributed by atoms with Gasteiger partial charge in [-0.25, -0.2) is 4.98 Å². The van der Waals surface area contributed by atoms with Crippen LogP contribution in [0.25, 0.3) is 0 Å². The van der Waals surface area contributed by atoms with Crippen LogP contribution in [0.15, 0.2) is 11.6 Å². The van der Waals surface area contributed by atoms with Crippen LogP contribution < -0.4 is 0 Å². The van der Waals surface area contributed by atoms with Crippen LogP contribution in [0.5, 0.6) is 0 Å². The second-order valence-corrected chi connectivity index (χ2v) is 4.75. The van der Waals surface area contributed by atoms with E-state index >= 15 is 0 Å². The molecule has 0 fully saturated rings. The Labute approximate surface area is 99.9 Å². The molecule has 1 unspecified atom stereocenters. The van der Waals surface area contributed by atoms with E-state index in [4.69, 9.17) is 5.11 Å². The van der Waals surface area contributed by atoms with Crippen LogP contribution in [-0.2, 0) is 10.3 Å². The average Bonchev–Trinajstić information content (AvgIpc) is 2.71. The molecule has 0 aromatic carbocycles. The Bertz CT molecular complexity index is 336. The molecule has 0 aliphatic rings. The molecule has 5 heteroatoms. The van der Waals surface area contributed by atoms with Gasteiger partial charge in [0.05, 0.1) is 12.0 Å². The lowest BCUT2D eigenvalue weighted by atomic mass is 9.96. The molecule has 0 spiro atoms. The van der Waals surface area contributed by atoms with Gasteiger partial charge in [0.25, 0.3) is 0 Å². The van der Waals surface area contributed by atoms with Crippen LogP contribution in [0.2, 0.25) is 0 Å². The molecule has 0 radical (unpaired) electrons. The third-order valence-corrected chi connectivity index (χ3v) is 3.88. The summed E-state index contributed by atoms with van der Waals surface area (Å²) in [6.07, 6.45) is 1.81. The molecule has 1 atom stereocenters. The van der Waals surface area contributed by atoms with Crippen molar-refractivity contribution < 1.29 is 9.90 Å². The van der Waals surface area contributed by atoms with Gasteiger partial charge in [0.15, 0.2) is 0 Å². The maximum absolute atomic E-state index is 11.0. The highest BCUT2D eigenvalue weighted by atomic mass is 32.1. The SMILES string of the molecule is CCN(CC)C(C)(CC(=O)O)c1nccs1. The highest BCUT2D eigenvalue weighted by Gasteiger charge is 2.36. The first-order chi connectivity index (χ1) is 7.54. The molecule has 0 bridgehead atoms. The van der Waals surface area contributed by atoms with E-state index in [-0.39, 0.29) is 6.42 Å². The monoisotopic (exact) mass is 242 g/mol. The minimum Gasteiger partial charge on any atom is -0.481 e. The molecule has 0 amide bonds. The van der Waals surface area contributed by atoms with Crippen molar-refractivity contribution in [2.75, 3.05) is 13.1 Å². The quantitative estimate of drug-likeness (QED) is 0.830. The minimum absolute atomic E-state index is 0.0855. The fraction of sp³-hybridized carbons (Fsp3) is 0.636. The van der Waals surface area contributed by atoms with Gasteiger partial charge in [-0.3, -0.25) is 9.69 Å². The molecule has 90 valence electrons. The Kier molecular flexibility index (Phi) is 4.44. The van der Waals surface area contributed by atoms with Crippen molar-refractivity contribution in [1.82, 2.24) is 9.88 Å². The summed E-state index contributed by atoms with van der Waals surface area (Å²) in [4.78, 5) is 17.4. The summed E-state index contributed by atoms with van der Waals surface area (Å²) in [5.41, 5.74) is -0.497. The molecule has 0 aliphatic carbocycles. The zero-order valence-corrected chi connectivity index (χ0v) is 10.8. The van der Waals surface area contributed by atoms with E-state index in [0.29, 0.717) is 0 Å². The number of thiazole rings is 1. The standard InChI is InChI=1S/C11H18N2O2S/c1-4-13(5-2)11(3,8-9(14)15)10-12-6-7-16-10/h6-7H,4-5,8H2,1-3H3,(H,14,15). The largest absolute Gasteiger partial charge is 0.481 e. The Morgan fingerprint density at radius 1 is 1.56 bits per heavy atom. The molecule has 1 aromatic heterocycles. The van der Waals surface area contributed by atoms with E-state index in [9.17, 15) is 4.79 Å². The van der Waals surface area contributed by atoms with Crippen LogP contribution in [0.4, 0.5) is 0 Å². The fourth-order valence-corrected chi connectivity index (χ4v) is 2.86. The summed E-state index contributed by atoms with van der Waals surface area (Å²) < 4.78 is 0. The van der Waals surface area contributed by atoms with Gasteiger partial charge in [0.2, 0.25) is 0 Å². The molecule has 0 aliphatic heterocycles. The van der Waals surface area contributed by atoms with E-state index in [1.165, 1.54) is 11.3 Å². The maximum Gasteiger partial charge on any atom is 0.305 e. The average molecular weight is 242 g/mol. The molecule has 0 saturated heterocycles. The zero-order chi connectivity index (χ0) is 12.2. The number of hydrogen-bond acceptors (Lipinski definition) is 4. The predicted octanol–water partition coefficient (Wildman–Crippen LogP) is 2.17. The minimum atomic E-state index is -0.787. The van der Waals surface area contributed by atoms with Gasteiger partial charge in [-0.2, -0.15) is 0 Å². The first-order valence-corrected chi connectivity index (χ1v) is 6.29. The Balaban J connectivity index is 3.05. The van der Waals surface area contributed by atoms with Crippen LogP contribution in [0, 0.1) is 0 Å². The van der Waals surface area contributed by atoms with E-state index in [1.807, 2.05) is 26.2 Å². The van der Waals surface area contributed by atoms with Gasteiger partial charge in [0, 0.05) is 11.6 Å². The summed E-state index contributed by atoms with van der Waals surface area (Å²) in [7, 11) is 0. The van der Waals surface area contributed by atoms with Crippen molar-refractivity contribution in [1.29, 1.82) is 0 Å². The van der Waals surface area contributed by atoms with Crippen molar-refractivity contribution in [2.24, 2.45) is 0 Å². The Hall–Kier alpha value is -0.940. The summed E-state index contributed by atoms with van der Waals surface area (Å²) in [5.74, 6) is -0.787. The lowest BCUT2D eigenvalue weighted by Gasteiger charge is -2.37. The third-order valence-electron chi connectivity index (χ3n) is 2.85. The second-order valence-electron chi connectivity index (χ2n) is 3.85. The number of rotatable bonds is 6. The zero-order valence-electron chi connectivity index (χ0n) is 9.93. The predicted molar refractivity (Wildman–Crippen MR) is 64.6 cm³/mol. The molecular weight excluding hydrogens is 224 g/mol. The molecule has 1 aromatic rings. The molecular formula is C11H18N2O2S. The van der Waals surface area contributed by atoms with Crippen LogP contribution >= 0.6 is 11.3 Å². The van der Waals surface area contributed by atoms with Crippen LogP contribution in [0.3, 0.4) is 0 Å². The topological polar surface area (TPSA) is 53.4 Å². The van der Waals surface area contributed by atoms with Gasteiger partial charge in [-0.15, -0.1) is 11.3 Å². The van der Waals surface area contributed by atoms with Crippen molar-refractivity contribution in [3.8, 4) is 0 Å². The Morgan fingerprint density at radius 3 is 2.56 bits per heavy atom. The highest BCUT2D eigenvalue weighted by Crippen LogP contribution is 2.32. The number of carboxylic acids is 1. The van der Waals surface area contributed by atoms with Crippen LogP contribution in [0.1, 0.15) is 32.2 Å².